The summed E-state index contributed by atoms with van der Waals surface area (Å²) >= 11 is 0. The molecule has 1 nitrogen and oxygen atoms in total. The fourth-order valence-corrected chi connectivity index (χ4v) is 2.51. The van der Waals surface area contributed by atoms with Crippen LogP contribution in [0.4, 0.5) is 0 Å². The van der Waals surface area contributed by atoms with Crippen LogP contribution in [-0.2, 0) is 4.43 Å². The number of unbranched alkanes of at least 4 members (excludes halogenated alkanes) is 2. The molecule has 0 radical (unpaired) electrons. The maximum atomic E-state index is 7.33. The average Bonchev–Trinajstić information content (AvgIpc) is 2.14. The molecular weight excluding hydrogens is 219 g/mol. The van der Waals surface area contributed by atoms with Crippen molar-refractivity contribution in [2.24, 2.45) is 0 Å². The van der Waals surface area contributed by atoms with E-state index in [0.717, 1.165) is 12.8 Å². The van der Waals surface area contributed by atoms with Crippen molar-refractivity contribution in [1.29, 1.82) is 0 Å². The first-order valence-corrected chi connectivity index (χ1v) is 9.25. The minimum atomic E-state index is -1.73. The van der Waals surface area contributed by atoms with Crippen molar-refractivity contribution >= 4 is 8.32 Å². The summed E-state index contributed by atoms with van der Waals surface area (Å²) in [5, 5.41) is 0.215. The summed E-state index contributed by atoms with van der Waals surface area (Å²) in [6.07, 6.45) is 11.8. The van der Waals surface area contributed by atoms with Gasteiger partial charge in [0.2, 0.25) is 0 Å². The fourth-order valence-electron chi connectivity index (χ4n) is 1.27. The summed E-state index contributed by atoms with van der Waals surface area (Å²) in [5.41, 5.74) is 0. The zero-order valence-electron chi connectivity index (χ0n) is 12.8. The largest absolute Gasteiger partial charge is 1.00 e. The molecule has 0 fully saturated rings. The number of hydrogen-bond acceptors (Lipinski definition) is 1. The predicted molar refractivity (Wildman–Crippen MR) is 73.3 cm³/mol. The third-order valence-electron chi connectivity index (χ3n) is 3.47. The molecular formula is C14H27LiOSi. The van der Waals surface area contributed by atoms with Crippen LogP contribution in [-0.4, -0.2) is 14.4 Å². The summed E-state index contributed by atoms with van der Waals surface area (Å²) in [5.74, 6) is 2.55. The summed E-state index contributed by atoms with van der Waals surface area (Å²) in [6, 6.07) is 0. The molecule has 0 aliphatic rings. The van der Waals surface area contributed by atoms with E-state index in [1.807, 2.05) is 0 Å². The van der Waals surface area contributed by atoms with E-state index in [1.54, 1.807) is 0 Å². The van der Waals surface area contributed by atoms with Crippen molar-refractivity contribution in [1.82, 2.24) is 0 Å². The summed E-state index contributed by atoms with van der Waals surface area (Å²) < 4.78 is 6.14. The maximum Gasteiger partial charge on any atom is 1.00 e. The van der Waals surface area contributed by atoms with Gasteiger partial charge in [0, 0.05) is 0 Å². The van der Waals surface area contributed by atoms with Crippen molar-refractivity contribution in [3.8, 4) is 5.92 Å². The first-order valence-electron chi connectivity index (χ1n) is 6.34. The molecule has 0 saturated carbocycles. The van der Waals surface area contributed by atoms with Gasteiger partial charge in [-0.15, -0.1) is 0 Å². The molecule has 0 aromatic heterocycles. The van der Waals surface area contributed by atoms with Gasteiger partial charge < -0.3 is 16.8 Å². The van der Waals surface area contributed by atoms with Crippen LogP contribution in [0.1, 0.15) is 53.4 Å². The van der Waals surface area contributed by atoms with Gasteiger partial charge in [-0.3, -0.25) is 0 Å². The molecule has 0 N–H and O–H groups in total. The molecule has 0 spiro atoms. The summed E-state index contributed by atoms with van der Waals surface area (Å²) in [7, 11) is -1.73. The SMILES string of the molecule is [C-]#CC(CCCCC)O[Si](C)(C)C(C)(C)C.[Li+]. The maximum absolute atomic E-state index is 7.33. The summed E-state index contributed by atoms with van der Waals surface area (Å²) in [6.45, 7) is 13.3. The van der Waals surface area contributed by atoms with Crippen LogP contribution >= 0.6 is 0 Å². The second kappa shape index (κ2) is 8.44. The van der Waals surface area contributed by atoms with Gasteiger partial charge >= 0.3 is 18.9 Å². The zero-order chi connectivity index (χ0) is 12.8. The van der Waals surface area contributed by atoms with Crippen LogP contribution in [0, 0.1) is 12.3 Å². The van der Waals surface area contributed by atoms with Crippen LogP contribution < -0.4 is 18.9 Å². The van der Waals surface area contributed by atoms with Gasteiger partial charge in [-0.05, 0) is 24.6 Å². The van der Waals surface area contributed by atoms with E-state index in [9.17, 15) is 0 Å². The first-order chi connectivity index (χ1) is 7.24. The van der Waals surface area contributed by atoms with Gasteiger partial charge in [0.1, 0.15) is 0 Å². The number of hydrogen-bond donors (Lipinski definition) is 0. The topological polar surface area (TPSA) is 9.23 Å². The van der Waals surface area contributed by atoms with Gasteiger partial charge in [-0.25, -0.2) is 0 Å². The molecule has 3 heteroatoms. The Hall–Kier alpha value is 0.334. The molecule has 17 heavy (non-hydrogen) atoms. The van der Waals surface area contributed by atoms with E-state index in [2.05, 4.69) is 46.7 Å². The van der Waals surface area contributed by atoms with E-state index in [0.29, 0.717) is 0 Å². The molecule has 1 atom stereocenters. The van der Waals surface area contributed by atoms with Crippen molar-refractivity contribution in [2.45, 2.75) is 77.6 Å². The van der Waals surface area contributed by atoms with E-state index in [1.165, 1.54) is 12.8 Å². The monoisotopic (exact) mass is 246 g/mol. The average molecular weight is 246 g/mol. The van der Waals surface area contributed by atoms with Gasteiger partial charge in [-0.1, -0.05) is 47.0 Å². The van der Waals surface area contributed by atoms with Crippen LogP contribution in [0.2, 0.25) is 18.1 Å². The minimum absolute atomic E-state index is 0. The Morgan fingerprint density at radius 2 is 1.76 bits per heavy atom. The van der Waals surface area contributed by atoms with Crippen LogP contribution in [0.5, 0.6) is 0 Å². The Kier molecular flexibility index (Phi) is 9.76. The Labute approximate surface area is 121 Å². The molecule has 0 heterocycles. The second-order valence-electron chi connectivity index (χ2n) is 6.01. The summed E-state index contributed by atoms with van der Waals surface area (Å²) in [4.78, 5) is 0. The minimum Gasteiger partial charge on any atom is -0.691 e. The predicted octanol–water partition coefficient (Wildman–Crippen LogP) is 1.55. The van der Waals surface area contributed by atoms with E-state index >= 15 is 0 Å². The molecule has 0 bridgehead atoms. The quantitative estimate of drug-likeness (QED) is 0.299. The van der Waals surface area contributed by atoms with Crippen molar-refractivity contribution in [2.75, 3.05) is 0 Å². The third-order valence-corrected chi connectivity index (χ3v) is 7.96. The Morgan fingerprint density at radius 3 is 2.12 bits per heavy atom. The first kappa shape index (κ1) is 19.7. The third kappa shape index (κ3) is 7.37. The Balaban J connectivity index is 0. The van der Waals surface area contributed by atoms with Crippen molar-refractivity contribution in [3.63, 3.8) is 0 Å². The molecule has 0 rings (SSSR count). The second-order valence-corrected chi connectivity index (χ2v) is 10.8. The zero-order valence-corrected chi connectivity index (χ0v) is 13.8. The smallest absolute Gasteiger partial charge is 0.691 e. The van der Waals surface area contributed by atoms with Crippen LogP contribution in [0.25, 0.3) is 0 Å². The van der Waals surface area contributed by atoms with Crippen molar-refractivity contribution in [3.05, 3.63) is 6.42 Å². The van der Waals surface area contributed by atoms with E-state index < -0.39 is 8.32 Å². The standard InChI is InChI=1S/C14H27OSi.Li/c1-8-10-11-12-13(9-2)15-16(6,7)14(3,4)5;/h13H,8,10-12H2,1,3-7H3;/q-1;+1. The molecule has 1 unspecified atom stereocenters. The van der Waals surface area contributed by atoms with Crippen molar-refractivity contribution < 1.29 is 23.3 Å². The Bertz CT molecular complexity index is 238. The van der Waals surface area contributed by atoms with Gasteiger partial charge in [0.15, 0.2) is 8.32 Å². The van der Waals surface area contributed by atoms with E-state index in [-0.39, 0.29) is 30.0 Å². The molecule has 94 valence electrons. The molecule has 0 saturated heterocycles. The molecule has 0 aliphatic heterocycles. The Morgan fingerprint density at radius 1 is 1.24 bits per heavy atom. The number of rotatable bonds is 6. The van der Waals surface area contributed by atoms with E-state index in [4.69, 9.17) is 10.8 Å². The van der Waals surface area contributed by atoms with Gasteiger partial charge in [0.25, 0.3) is 0 Å². The molecule has 0 aliphatic carbocycles. The van der Waals surface area contributed by atoms with Gasteiger partial charge in [-0.2, -0.15) is 0 Å². The van der Waals surface area contributed by atoms with Crippen LogP contribution in [0.15, 0.2) is 0 Å². The van der Waals surface area contributed by atoms with Crippen LogP contribution in [0.3, 0.4) is 0 Å². The molecule has 0 aromatic carbocycles. The fraction of sp³-hybridized carbons (Fsp3) is 0.857. The normalized spacial score (nSPS) is 13.7. The van der Waals surface area contributed by atoms with Gasteiger partial charge in [0.05, 0.1) is 6.10 Å². The molecule has 0 amide bonds. The molecule has 0 aromatic rings.